The predicted molar refractivity (Wildman–Crippen MR) is 58.5 cm³/mol. The fourth-order valence-corrected chi connectivity index (χ4v) is 1.62. The monoisotopic (exact) mass is 177 g/mol. The van der Waals surface area contributed by atoms with Crippen LogP contribution in [0, 0.1) is 6.08 Å². The molecule has 1 radical (unpaired) electrons. The second kappa shape index (κ2) is 8.10. The van der Waals surface area contributed by atoms with Crippen molar-refractivity contribution in [2.75, 3.05) is 0 Å². The van der Waals surface area contributed by atoms with Gasteiger partial charge in [-0.25, -0.2) is 0 Å². The van der Waals surface area contributed by atoms with Crippen molar-refractivity contribution >= 4 is 0 Å². The van der Waals surface area contributed by atoms with Crippen molar-refractivity contribution < 1.29 is 0 Å². The predicted octanol–water partition coefficient (Wildman–Crippen LogP) is 4.43. The van der Waals surface area contributed by atoms with Gasteiger partial charge < -0.3 is 0 Å². The van der Waals surface area contributed by atoms with Crippen LogP contribution < -0.4 is 0 Å². The number of hydrogen-bond donors (Lipinski definition) is 0. The van der Waals surface area contributed by atoms with Gasteiger partial charge in [0.25, 0.3) is 0 Å². The van der Waals surface area contributed by atoms with Crippen LogP contribution in [0.5, 0.6) is 0 Å². The summed E-state index contributed by atoms with van der Waals surface area (Å²) in [5, 5.41) is 0. The lowest BCUT2D eigenvalue weighted by atomic mass is 10.1. The number of allylic oxidation sites excluding steroid dienone is 4. The summed E-state index contributed by atoms with van der Waals surface area (Å²) in [7, 11) is 0. The molecule has 1 aliphatic carbocycles. The van der Waals surface area contributed by atoms with Gasteiger partial charge in [-0.1, -0.05) is 31.1 Å². The zero-order chi connectivity index (χ0) is 9.19. The molecule has 0 nitrogen and oxygen atoms in total. The van der Waals surface area contributed by atoms with E-state index in [4.69, 9.17) is 0 Å². The molecule has 1 aliphatic rings. The Balaban J connectivity index is 2.18. The maximum atomic E-state index is 3.36. The first kappa shape index (κ1) is 10.6. The Kier molecular flexibility index (Phi) is 6.58. The molecule has 0 heterocycles. The molecule has 73 valence electrons. The van der Waals surface area contributed by atoms with Crippen LogP contribution in [0.15, 0.2) is 18.2 Å². The standard InChI is InChI=1S/C13H21/c1-2-4-6-8-10-12-13-11-9-7-5-3-1/h1-2,12H,3-9,11,13H2/b2-1+,12-10?. The normalized spacial score (nSPS) is 26.5. The van der Waals surface area contributed by atoms with E-state index in [0.29, 0.717) is 0 Å². The summed E-state index contributed by atoms with van der Waals surface area (Å²) in [4.78, 5) is 0. The largest absolute Gasteiger partial charge is 0.0885 e. The third-order valence-corrected chi connectivity index (χ3v) is 2.47. The molecule has 0 aliphatic heterocycles. The average Bonchev–Trinajstić information content (AvgIpc) is 2.18. The molecule has 0 atom stereocenters. The Bertz CT molecular complexity index is 135. The van der Waals surface area contributed by atoms with E-state index in [1.54, 1.807) is 0 Å². The Morgan fingerprint density at radius 1 is 0.692 bits per heavy atom. The molecule has 0 unspecified atom stereocenters. The number of rotatable bonds is 0. The first-order valence-electron chi connectivity index (χ1n) is 5.70. The molecule has 0 heteroatoms. The summed E-state index contributed by atoms with van der Waals surface area (Å²) in [6.07, 6.45) is 22.0. The Labute approximate surface area is 82.7 Å². The highest BCUT2D eigenvalue weighted by Gasteiger charge is 1.89. The van der Waals surface area contributed by atoms with Gasteiger partial charge in [0.05, 0.1) is 0 Å². The SMILES string of the molecule is [C]1=C/CCCCCC/C=C/CCC/1. The van der Waals surface area contributed by atoms with E-state index in [1.807, 2.05) is 0 Å². The quantitative estimate of drug-likeness (QED) is 0.480. The second-order valence-electron chi connectivity index (χ2n) is 3.76. The van der Waals surface area contributed by atoms with E-state index >= 15 is 0 Å². The van der Waals surface area contributed by atoms with Crippen molar-refractivity contribution in [3.8, 4) is 0 Å². The fourth-order valence-electron chi connectivity index (χ4n) is 1.62. The Morgan fingerprint density at radius 2 is 1.38 bits per heavy atom. The van der Waals surface area contributed by atoms with Crippen LogP contribution in [0.1, 0.15) is 57.8 Å². The summed E-state index contributed by atoms with van der Waals surface area (Å²) in [5.41, 5.74) is 0. The van der Waals surface area contributed by atoms with E-state index < -0.39 is 0 Å². The summed E-state index contributed by atoms with van der Waals surface area (Å²) in [6, 6.07) is 0. The maximum Gasteiger partial charge on any atom is -0.0276 e. The molecule has 0 saturated carbocycles. The lowest BCUT2D eigenvalue weighted by molar-refractivity contribution is 0.652. The van der Waals surface area contributed by atoms with E-state index in [9.17, 15) is 0 Å². The molecule has 0 aromatic heterocycles. The smallest absolute Gasteiger partial charge is 0.0276 e. The molecule has 0 bridgehead atoms. The molecule has 13 heavy (non-hydrogen) atoms. The highest BCUT2D eigenvalue weighted by atomic mass is 14.0. The van der Waals surface area contributed by atoms with Gasteiger partial charge in [0.2, 0.25) is 0 Å². The molecule has 0 fully saturated rings. The minimum absolute atomic E-state index is 1.14. The van der Waals surface area contributed by atoms with Gasteiger partial charge in [-0.2, -0.15) is 0 Å². The zero-order valence-corrected chi connectivity index (χ0v) is 8.60. The van der Waals surface area contributed by atoms with Crippen molar-refractivity contribution in [1.29, 1.82) is 0 Å². The first-order chi connectivity index (χ1) is 6.50. The molecule has 0 amide bonds. The second-order valence-corrected chi connectivity index (χ2v) is 3.76. The van der Waals surface area contributed by atoms with E-state index in [2.05, 4.69) is 24.3 Å². The lowest BCUT2D eigenvalue weighted by Crippen LogP contribution is -1.76. The van der Waals surface area contributed by atoms with Crippen molar-refractivity contribution in [3.63, 3.8) is 0 Å². The van der Waals surface area contributed by atoms with Crippen LogP contribution in [0.2, 0.25) is 0 Å². The van der Waals surface area contributed by atoms with Gasteiger partial charge >= 0.3 is 0 Å². The maximum absolute atomic E-state index is 3.36. The van der Waals surface area contributed by atoms with Gasteiger partial charge in [0, 0.05) is 0 Å². The highest BCUT2D eigenvalue weighted by molar-refractivity contribution is 4.83. The molecule has 1 rings (SSSR count). The third kappa shape index (κ3) is 6.62. The van der Waals surface area contributed by atoms with Crippen LogP contribution in [0.3, 0.4) is 0 Å². The summed E-state index contributed by atoms with van der Waals surface area (Å²) < 4.78 is 0. The van der Waals surface area contributed by atoms with E-state index in [0.717, 1.165) is 6.42 Å². The van der Waals surface area contributed by atoms with Gasteiger partial charge in [-0.15, -0.1) is 0 Å². The van der Waals surface area contributed by atoms with Gasteiger partial charge in [0.15, 0.2) is 0 Å². The molecular formula is C13H21. The molecule has 0 aromatic carbocycles. The average molecular weight is 177 g/mol. The molecular weight excluding hydrogens is 156 g/mol. The molecule has 0 N–H and O–H groups in total. The van der Waals surface area contributed by atoms with Crippen molar-refractivity contribution in [2.45, 2.75) is 57.8 Å². The zero-order valence-electron chi connectivity index (χ0n) is 8.60. The van der Waals surface area contributed by atoms with Crippen molar-refractivity contribution in [2.24, 2.45) is 0 Å². The minimum Gasteiger partial charge on any atom is -0.0885 e. The Morgan fingerprint density at radius 3 is 2.23 bits per heavy atom. The first-order valence-corrected chi connectivity index (χ1v) is 5.70. The van der Waals surface area contributed by atoms with Gasteiger partial charge in [-0.3, -0.25) is 0 Å². The van der Waals surface area contributed by atoms with Gasteiger partial charge in [0.1, 0.15) is 0 Å². The van der Waals surface area contributed by atoms with Crippen molar-refractivity contribution in [1.82, 2.24) is 0 Å². The van der Waals surface area contributed by atoms with Crippen LogP contribution in [-0.2, 0) is 0 Å². The van der Waals surface area contributed by atoms with Crippen molar-refractivity contribution in [3.05, 3.63) is 24.3 Å². The molecule has 0 spiro atoms. The molecule has 0 aromatic rings. The summed E-state index contributed by atoms with van der Waals surface area (Å²) in [6.45, 7) is 0. The highest BCUT2D eigenvalue weighted by Crippen LogP contribution is 2.08. The van der Waals surface area contributed by atoms with Crippen LogP contribution in [0.4, 0.5) is 0 Å². The molecule has 0 saturated heterocycles. The summed E-state index contributed by atoms with van der Waals surface area (Å²) in [5.74, 6) is 0. The Hall–Kier alpha value is -0.520. The van der Waals surface area contributed by atoms with Gasteiger partial charge in [-0.05, 0) is 51.0 Å². The summed E-state index contributed by atoms with van der Waals surface area (Å²) >= 11 is 0. The van der Waals surface area contributed by atoms with E-state index in [1.165, 1.54) is 51.4 Å². The topological polar surface area (TPSA) is 0 Å². The third-order valence-electron chi connectivity index (χ3n) is 2.47. The fraction of sp³-hybridized carbons (Fsp3) is 0.692. The lowest BCUT2D eigenvalue weighted by Gasteiger charge is -1.95. The van der Waals surface area contributed by atoms with E-state index in [-0.39, 0.29) is 0 Å². The van der Waals surface area contributed by atoms with Crippen LogP contribution >= 0.6 is 0 Å². The number of hydrogen-bond acceptors (Lipinski definition) is 0. The van der Waals surface area contributed by atoms with Crippen LogP contribution in [0.25, 0.3) is 0 Å². The minimum atomic E-state index is 1.14. The van der Waals surface area contributed by atoms with Crippen LogP contribution in [-0.4, -0.2) is 0 Å².